The lowest BCUT2D eigenvalue weighted by atomic mass is 10.2. The lowest BCUT2D eigenvalue weighted by Crippen LogP contribution is -2.07. The van der Waals surface area contributed by atoms with Gasteiger partial charge in [-0.25, -0.2) is 9.07 Å². The third-order valence-electron chi connectivity index (χ3n) is 2.53. The predicted molar refractivity (Wildman–Crippen MR) is 67.0 cm³/mol. The molecule has 0 bridgehead atoms. The first-order valence-corrected chi connectivity index (χ1v) is 6.03. The van der Waals surface area contributed by atoms with Gasteiger partial charge in [0.15, 0.2) is 5.82 Å². The van der Waals surface area contributed by atoms with E-state index in [0.717, 1.165) is 22.2 Å². The summed E-state index contributed by atoms with van der Waals surface area (Å²) in [6, 6.07) is 4.56. The van der Waals surface area contributed by atoms with Gasteiger partial charge in [-0.3, -0.25) is 0 Å². The summed E-state index contributed by atoms with van der Waals surface area (Å²) in [5, 5.41) is 7.77. The zero-order valence-corrected chi connectivity index (χ0v) is 10.9. The number of nitrogens with zero attached hydrogens (tertiary/aromatic N) is 3. The Morgan fingerprint density at radius 2 is 2.24 bits per heavy atom. The smallest absolute Gasteiger partial charge is 0.169 e. The number of halogens is 2. The molecule has 17 heavy (non-hydrogen) atoms. The largest absolute Gasteiger partial charge is 0.381 e. The first-order valence-electron chi connectivity index (χ1n) is 5.23. The van der Waals surface area contributed by atoms with Gasteiger partial charge >= 0.3 is 0 Å². The van der Waals surface area contributed by atoms with Crippen LogP contribution in [0.25, 0.3) is 0 Å². The number of hydrogen-bond acceptors (Lipinski definition) is 3. The number of benzene rings is 1. The number of nitrogens with two attached hydrogens (primary N) is 1. The van der Waals surface area contributed by atoms with Crippen molar-refractivity contribution < 1.29 is 4.39 Å². The average molecular weight is 299 g/mol. The van der Waals surface area contributed by atoms with E-state index in [-0.39, 0.29) is 5.82 Å². The van der Waals surface area contributed by atoms with E-state index in [4.69, 9.17) is 5.73 Å². The van der Waals surface area contributed by atoms with Gasteiger partial charge in [0, 0.05) is 4.47 Å². The van der Waals surface area contributed by atoms with E-state index in [1.54, 1.807) is 10.7 Å². The van der Waals surface area contributed by atoms with Crippen molar-refractivity contribution >= 4 is 21.7 Å². The van der Waals surface area contributed by atoms with Crippen molar-refractivity contribution in [2.45, 2.75) is 19.9 Å². The minimum Gasteiger partial charge on any atom is -0.381 e. The maximum absolute atomic E-state index is 13.1. The van der Waals surface area contributed by atoms with Gasteiger partial charge in [0.1, 0.15) is 5.82 Å². The Balaban J connectivity index is 2.34. The topological polar surface area (TPSA) is 56.7 Å². The fraction of sp³-hybridized carbons (Fsp3) is 0.273. The molecule has 0 radical (unpaired) electrons. The summed E-state index contributed by atoms with van der Waals surface area (Å²) in [5.74, 6) is 0.161. The highest BCUT2D eigenvalue weighted by Gasteiger charge is 2.10. The van der Waals surface area contributed by atoms with Crippen LogP contribution in [0.3, 0.4) is 0 Å². The molecule has 90 valence electrons. The second-order valence-corrected chi connectivity index (χ2v) is 4.52. The van der Waals surface area contributed by atoms with Crippen molar-refractivity contribution in [3.8, 4) is 0 Å². The average Bonchev–Trinajstić information content (AvgIpc) is 2.64. The Hall–Kier alpha value is -1.43. The zero-order chi connectivity index (χ0) is 12.4. The summed E-state index contributed by atoms with van der Waals surface area (Å²) >= 11 is 3.38. The van der Waals surface area contributed by atoms with Crippen LogP contribution in [0.15, 0.2) is 22.7 Å². The van der Waals surface area contributed by atoms with Crippen LogP contribution in [0.5, 0.6) is 0 Å². The molecule has 2 aromatic rings. The Morgan fingerprint density at radius 3 is 2.94 bits per heavy atom. The lowest BCUT2D eigenvalue weighted by Gasteiger charge is -2.07. The maximum atomic E-state index is 13.1. The summed E-state index contributed by atoms with van der Waals surface area (Å²) in [6.07, 6.45) is 0.742. The third-order valence-corrected chi connectivity index (χ3v) is 3.30. The van der Waals surface area contributed by atoms with E-state index >= 15 is 0 Å². The molecule has 0 atom stereocenters. The van der Waals surface area contributed by atoms with Crippen molar-refractivity contribution in [2.24, 2.45) is 0 Å². The van der Waals surface area contributed by atoms with Crippen LogP contribution in [-0.2, 0) is 13.0 Å². The Bertz CT molecular complexity index is 538. The molecule has 1 aromatic carbocycles. The fourth-order valence-corrected chi connectivity index (χ4v) is 2.03. The minimum absolute atomic E-state index is 0.269. The first-order chi connectivity index (χ1) is 8.11. The van der Waals surface area contributed by atoms with Crippen LogP contribution < -0.4 is 5.73 Å². The lowest BCUT2D eigenvalue weighted by molar-refractivity contribution is 0.602. The van der Waals surface area contributed by atoms with Gasteiger partial charge in [0.2, 0.25) is 0 Å². The molecule has 0 aliphatic carbocycles. The van der Waals surface area contributed by atoms with Crippen LogP contribution in [0.2, 0.25) is 0 Å². The van der Waals surface area contributed by atoms with Crippen LogP contribution >= 0.6 is 15.9 Å². The van der Waals surface area contributed by atoms with Gasteiger partial charge in [-0.2, -0.15) is 0 Å². The summed E-state index contributed by atoms with van der Waals surface area (Å²) in [5.41, 5.74) is 7.37. The van der Waals surface area contributed by atoms with Gasteiger partial charge in [0.25, 0.3) is 0 Å². The number of nitrogen functional groups attached to an aromatic ring is 1. The fourth-order valence-electron chi connectivity index (χ4n) is 1.66. The predicted octanol–water partition coefficient (Wildman–Crippen LogP) is 2.37. The van der Waals surface area contributed by atoms with Gasteiger partial charge in [0.05, 0.1) is 12.2 Å². The molecule has 0 unspecified atom stereocenters. The highest BCUT2D eigenvalue weighted by molar-refractivity contribution is 9.10. The van der Waals surface area contributed by atoms with Crippen molar-refractivity contribution in [2.75, 3.05) is 5.73 Å². The molecule has 0 spiro atoms. The number of rotatable bonds is 3. The summed E-state index contributed by atoms with van der Waals surface area (Å²) in [7, 11) is 0. The molecule has 0 aliphatic rings. The zero-order valence-electron chi connectivity index (χ0n) is 9.32. The highest BCUT2D eigenvalue weighted by atomic mass is 79.9. The van der Waals surface area contributed by atoms with Crippen LogP contribution in [0.4, 0.5) is 10.2 Å². The minimum atomic E-state index is -0.269. The van der Waals surface area contributed by atoms with Crippen molar-refractivity contribution in [3.63, 3.8) is 0 Å². The number of hydrogen-bond donors (Lipinski definition) is 1. The Morgan fingerprint density at radius 1 is 1.47 bits per heavy atom. The van der Waals surface area contributed by atoms with Crippen LogP contribution in [0.1, 0.15) is 18.2 Å². The number of anilines is 1. The molecule has 0 saturated carbocycles. The highest BCUT2D eigenvalue weighted by Crippen LogP contribution is 2.20. The van der Waals surface area contributed by atoms with E-state index in [1.165, 1.54) is 12.1 Å². The van der Waals surface area contributed by atoms with Crippen LogP contribution in [0, 0.1) is 5.82 Å². The third kappa shape index (κ3) is 2.46. The van der Waals surface area contributed by atoms with Crippen LogP contribution in [-0.4, -0.2) is 15.0 Å². The molecule has 4 nitrogen and oxygen atoms in total. The summed E-state index contributed by atoms with van der Waals surface area (Å²) in [4.78, 5) is 0. The Kier molecular flexibility index (Phi) is 3.42. The maximum Gasteiger partial charge on any atom is 0.169 e. The second-order valence-electron chi connectivity index (χ2n) is 3.67. The van der Waals surface area contributed by atoms with Crippen molar-refractivity contribution in [1.82, 2.24) is 15.0 Å². The normalized spacial score (nSPS) is 10.8. The molecule has 1 aromatic heterocycles. The molecular weight excluding hydrogens is 287 g/mol. The molecule has 1 heterocycles. The van der Waals surface area contributed by atoms with E-state index in [2.05, 4.69) is 26.2 Å². The molecule has 0 saturated heterocycles. The van der Waals surface area contributed by atoms with E-state index in [1.807, 2.05) is 6.92 Å². The SMILES string of the molecule is CCc1c(N)nnn1Cc1cc(F)ccc1Br. The van der Waals surface area contributed by atoms with Gasteiger partial charge in [-0.05, 0) is 30.2 Å². The Labute approximate surface area is 107 Å². The molecular formula is C11H12BrFN4. The first kappa shape index (κ1) is 12.0. The van der Waals surface area contributed by atoms with Gasteiger partial charge in [-0.15, -0.1) is 5.10 Å². The van der Waals surface area contributed by atoms with E-state index < -0.39 is 0 Å². The molecule has 0 aliphatic heterocycles. The molecule has 6 heteroatoms. The van der Waals surface area contributed by atoms with Crippen molar-refractivity contribution in [1.29, 1.82) is 0 Å². The quantitative estimate of drug-likeness (QED) is 0.946. The molecule has 2 N–H and O–H groups in total. The second kappa shape index (κ2) is 4.83. The molecule has 0 amide bonds. The monoisotopic (exact) mass is 298 g/mol. The van der Waals surface area contributed by atoms with E-state index in [9.17, 15) is 4.39 Å². The van der Waals surface area contributed by atoms with Gasteiger partial charge in [-0.1, -0.05) is 28.1 Å². The summed E-state index contributed by atoms with van der Waals surface area (Å²) < 4.78 is 15.7. The standard InChI is InChI=1S/C11H12BrFN4/c1-2-10-11(14)15-16-17(10)6-7-5-8(13)3-4-9(7)12/h3-5H,2,6,14H2,1H3. The molecule has 2 rings (SSSR count). The van der Waals surface area contributed by atoms with E-state index in [0.29, 0.717) is 12.4 Å². The van der Waals surface area contributed by atoms with Gasteiger partial charge < -0.3 is 5.73 Å². The van der Waals surface area contributed by atoms with Crippen molar-refractivity contribution in [3.05, 3.63) is 39.7 Å². The summed E-state index contributed by atoms with van der Waals surface area (Å²) in [6.45, 7) is 2.43. The number of aromatic nitrogens is 3. The molecule has 0 fully saturated rings.